The van der Waals surface area contributed by atoms with Crippen LogP contribution < -0.4 is 10.2 Å². The fourth-order valence-corrected chi connectivity index (χ4v) is 2.68. The molecule has 0 spiro atoms. The summed E-state index contributed by atoms with van der Waals surface area (Å²) >= 11 is 0. The number of carbonyl (C=O) groups is 2. The average molecular weight is 357 g/mol. The highest BCUT2D eigenvalue weighted by Gasteiger charge is 2.25. The van der Waals surface area contributed by atoms with Gasteiger partial charge in [-0.15, -0.1) is 0 Å². The molecular weight excluding hydrogens is 330 g/mol. The first-order chi connectivity index (χ1) is 12.6. The van der Waals surface area contributed by atoms with Crippen LogP contribution in [0.25, 0.3) is 0 Å². The summed E-state index contributed by atoms with van der Waals surface area (Å²) in [5.74, 6) is 0.586. The van der Waals surface area contributed by atoms with Crippen LogP contribution in [0.1, 0.15) is 38.2 Å². The Bertz CT molecular complexity index is 652. The number of aryl methyl sites for hydroxylation is 1. The summed E-state index contributed by atoms with van der Waals surface area (Å²) in [6, 6.07) is 7.78. The van der Waals surface area contributed by atoms with Crippen LogP contribution in [0.15, 0.2) is 47.6 Å². The molecule has 26 heavy (non-hydrogen) atoms. The van der Waals surface area contributed by atoms with Crippen molar-refractivity contribution in [2.24, 2.45) is 0 Å². The number of nitrogens with one attached hydrogen (secondary N) is 1. The van der Waals surface area contributed by atoms with E-state index in [-0.39, 0.29) is 11.6 Å². The fourth-order valence-electron chi connectivity index (χ4n) is 2.68. The Kier molecular flexibility index (Phi) is 8.25. The number of unbranched alkanes of at least 4 members (excludes halogenated alkanes) is 1. The molecule has 1 saturated carbocycles. The number of allylic oxidation sites excluding steroid dienone is 3. The van der Waals surface area contributed by atoms with E-state index < -0.39 is 0 Å². The summed E-state index contributed by atoms with van der Waals surface area (Å²) in [5.41, 5.74) is 5.17. The van der Waals surface area contributed by atoms with Gasteiger partial charge in [0.15, 0.2) is 11.6 Å². The predicted molar refractivity (Wildman–Crippen MR) is 101 cm³/mol. The molecule has 140 valence electrons. The van der Waals surface area contributed by atoms with E-state index in [0.717, 1.165) is 17.7 Å². The second kappa shape index (κ2) is 10.7. The van der Waals surface area contributed by atoms with Gasteiger partial charge in [-0.1, -0.05) is 29.3 Å². The Morgan fingerprint density at radius 3 is 2.42 bits per heavy atom. The number of hydroxylamine groups is 1. The van der Waals surface area contributed by atoms with Gasteiger partial charge in [0.1, 0.15) is 12.4 Å². The van der Waals surface area contributed by atoms with Crippen molar-refractivity contribution in [1.82, 2.24) is 5.48 Å². The van der Waals surface area contributed by atoms with E-state index in [1.807, 2.05) is 44.2 Å². The molecule has 1 aromatic carbocycles. The standard InChI is InChI=1S/C21H27NO4/c1-3-26-22-12-5-4-6-19-20(23)14-17(15-21(19)24)11-13-25-18-9-7-16(2)8-10-18/h6-11,22H,3-5,12-15H2,1-2H3. The minimum Gasteiger partial charge on any atom is -0.490 e. The Labute approximate surface area is 155 Å². The first-order valence-corrected chi connectivity index (χ1v) is 9.08. The summed E-state index contributed by atoms with van der Waals surface area (Å²) in [7, 11) is 0. The molecule has 1 N–H and O–H groups in total. The number of hydrogen-bond acceptors (Lipinski definition) is 5. The largest absolute Gasteiger partial charge is 0.490 e. The third-order valence-corrected chi connectivity index (χ3v) is 4.10. The molecule has 0 amide bonds. The van der Waals surface area contributed by atoms with Crippen LogP contribution in [0.2, 0.25) is 0 Å². The van der Waals surface area contributed by atoms with Gasteiger partial charge in [0.25, 0.3) is 0 Å². The van der Waals surface area contributed by atoms with Crippen molar-refractivity contribution in [2.75, 3.05) is 19.8 Å². The SMILES string of the molecule is CCONCCCC=C1C(=O)CC(=CCOc2ccc(C)cc2)CC1=O. The number of ether oxygens (including phenoxy) is 1. The lowest BCUT2D eigenvalue weighted by Gasteiger charge is -2.16. The molecule has 0 bridgehead atoms. The molecule has 0 unspecified atom stereocenters. The molecule has 1 aliphatic carbocycles. The maximum atomic E-state index is 12.2. The second-order valence-corrected chi connectivity index (χ2v) is 6.27. The average Bonchev–Trinajstić information content (AvgIpc) is 2.61. The van der Waals surface area contributed by atoms with E-state index in [1.54, 1.807) is 6.08 Å². The van der Waals surface area contributed by atoms with Gasteiger partial charge >= 0.3 is 0 Å². The number of ketones is 2. The lowest BCUT2D eigenvalue weighted by atomic mass is 9.87. The summed E-state index contributed by atoms with van der Waals surface area (Å²) in [6.45, 7) is 5.60. The highest BCUT2D eigenvalue weighted by molar-refractivity contribution is 6.23. The molecule has 0 saturated heterocycles. The maximum Gasteiger partial charge on any atom is 0.170 e. The van der Waals surface area contributed by atoms with Crippen molar-refractivity contribution < 1.29 is 19.2 Å². The van der Waals surface area contributed by atoms with Gasteiger partial charge in [0.05, 0.1) is 12.2 Å². The zero-order valence-corrected chi connectivity index (χ0v) is 15.5. The van der Waals surface area contributed by atoms with E-state index in [1.165, 1.54) is 5.56 Å². The first-order valence-electron chi connectivity index (χ1n) is 9.08. The van der Waals surface area contributed by atoms with Gasteiger partial charge in [-0.3, -0.25) is 9.59 Å². The predicted octanol–water partition coefficient (Wildman–Crippen LogP) is 3.48. The monoisotopic (exact) mass is 357 g/mol. The smallest absolute Gasteiger partial charge is 0.170 e. The van der Waals surface area contributed by atoms with E-state index in [2.05, 4.69) is 5.48 Å². The molecule has 1 aliphatic rings. The van der Waals surface area contributed by atoms with E-state index in [4.69, 9.17) is 9.57 Å². The zero-order chi connectivity index (χ0) is 18.8. The van der Waals surface area contributed by atoms with Gasteiger partial charge in [0.2, 0.25) is 0 Å². The first kappa shape index (κ1) is 20.1. The molecule has 5 nitrogen and oxygen atoms in total. The Hall–Kier alpha value is -2.24. The van der Waals surface area contributed by atoms with E-state index >= 15 is 0 Å². The van der Waals surface area contributed by atoms with Crippen molar-refractivity contribution in [3.05, 3.63) is 53.1 Å². The van der Waals surface area contributed by atoms with Crippen molar-refractivity contribution in [1.29, 1.82) is 0 Å². The van der Waals surface area contributed by atoms with E-state index in [0.29, 0.717) is 44.6 Å². The lowest BCUT2D eigenvalue weighted by Crippen LogP contribution is -2.21. The molecule has 0 aromatic heterocycles. The van der Waals surface area contributed by atoms with Crippen LogP contribution >= 0.6 is 0 Å². The minimum absolute atomic E-state index is 0.0967. The van der Waals surface area contributed by atoms with Crippen LogP contribution in [0.5, 0.6) is 5.75 Å². The Balaban J connectivity index is 1.80. The summed E-state index contributed by atoms with van der Waals surface area (Å²) in [5, 5.41) is 0. The van der Waals surface area contributed by atoms with Gasteiger partial charge < -0.3 is 9.57 Å². The third kappa shape index (κ3) is 6.58. The molecule has 0 heterocycles. The number of Topliss-reactive ketones (excluding diaryl/α,β-unsaturated/α-hetero) is 2. The Morgan fingerprint density at radius 2 is 1.77 bits per heavy atom. The van der Waals surface area contributed by atoms with Crippen LogP contribution in [0.3, 0.4) is 0 Å². The number of benzene rings is 1. The van der Waals surface area contributed by atoms with Crippen molar-refractivity contribution in [3.63, 3.8) is 0 Å². The third-order valence-electron chi connectivity index (χ3n) is 4.10. The summed E-state index contributed by atoms with van der Waals surface area (Å²) in [6.07, 6.45) is 5.70. The lowest BCUT2D eigenvalue weighted by molar-refractivity contribution is -0.122. The molecule has 0 radical (unpaired) electrons. The second-order valence-electron chi connectivity index (χ2n) is 6.27. The van der Waals surface area contributed by atoms with Crippen LogP contribution in [-0.4, -0.2) is 31.3 Å². The number of rotatable bonds is 9. The van der Waals surface area contributed by atoms with Gasteiger partial charge in [-0.05, 0) is 44.9 Å². The molecule has 0 atom stereocenters. The number of hydrogen-bond donors (Lipinski definition) is 1. The van der Waals surface area contributed by atoms with Crippen molar-refractivity contribution >= 4 is 11.6 Å². The van der Waals surface area contributed by atoms with Gasteiger partial charge in [-0.2, -0.15) is 0 Å². The molecule has 2 rings (SSSR count). The molecule has 1 aromatic rings. The Morgan fingerprint density at radius 1 is 1.08 bits per heavy atom. The topological polar surface area (TPSA) is 64.6 Å². The zero-order valence-electron chi connectivity index (χ0n) is 15.5. The number of carbonyl (C=O) groups excluding carboxylic acids is 2. The fraction of sp³-hybridized carbons (Fsp3) is 0.429. The van der Waals surface area contributed by atoms with Crippen LogP contribution in [0.4, 0.5) is 0 Å². The van der Waals surface area contributed by atoms with Gasteiger partial charge in [0, 0.05) is 19.4 Å². The summed E-state index contributed by atoms with van der Waals surface area (Å²) < 4.78 is 5.64. The molecule has 5 heteroatoms. The minimum atomic E-state index is -0.0967. The highest BCUT2D eigenvalue weighted by Crippen LogP contribution is 2.23. The molecule has 0 aliphatic heterocycles. The molecular formula is C21H27NO4. The summed E-state index contributed by atoms with van der Waals surface area (Å²) in [4.78, 5) is 29.5. The van der Waals surface area contributed by atoms with Crippen LogP contribution in [0, 0.1) is 6.92 Å². The van der Waals surface area contributed by atoms with Crippen molar-refractivity contribution in [2.45, 2.75) is 39.5 Å². The van der Waals surface area contributed by atoms with Gasteiger partial charge in [-0.25, -0.2) is 5.48 Å². The van der Waals surface area contributed by atoms with E-state index in [9.17, 15) is 9.59 Å². The quantitative estimate of drug-likeness (QED) is 0.241. The molecule has 1 fully saturated rings. The maximum absolute atomic E-state index is 12.2. The normalized spacial score (nSPS) is 14.5. The highest BCUT2D eigenvalue weighted by atomic mass is 16.6. The van der Waals surface area contributed by atoms with Crippen molar-refractivity contribution in [3.8, 4) is 5.75 Å². The van der Waals surface area contributed by atoms with Crippen LogP contribution in [-0.2, 0) is 14.4 Å².